The van der Waals surface area contributed by atoms with Gasteiger partial charge < -0.3 is 4.98 Å². The molecule has 0 aliphatic carbocycles. The van der Waals surface area contributed by atoms with E-state index in [0.717, 1.165) is 11.1 Å². The first-order valence-electron chi connectivity index (χ1n) is 6.71. The van der Waals surface area contributed by atoms with Crippen molar-refractivity contribution in [3.8, 4) is 17.3 Å². The molecular formula is C15H12N6OS. The van der Waals surface area contributed by atoms with Gasteiger partial charge in [0.15, 0.2) is 5.16 Å². The summed E-state index contributed by atoms with van der Waals surface area (Å²) >= 11 is 1.32. The highest BCUT2D eigenvalue weighted by atomic mass is 32.2. The topological polar surface area (TPSA) is 100 Å². The third-order valence-electron chi connectivity index (χ3n) is 3.21. The van der Waals surface area contributed by atoms with Gasteiger partial charge in [0.25, 0.3) is 5.56 Å². The number of hydrogen-bond donors (Lipinski definition) is 1. The number of nitrogens with zero attached hydrogens (tertiary/aromatic N) is 5. The van der Waals surface area contributed by atoms with E-state index in [1.54, 1.807) is 11.0 Å². The number of thioether (sulfide) groups is 1. The van der Waals surface area contributed by atoms with Crippen molar-refractivity contribution in [3.05, 3.63) is 58.4 Å². The third kappa shape index (κ3) is 3.14. The Balaban J connectivity index is 2.07. The second kappa shape index (κ2) is 6.46. The summed E-state index contributed by atoms with van der Waals surface area (Å²) in [6, 6.07) is 9.47. The Bertz CT molecular complexity index is 926. The number of aromatic nitrogens is 5. The second-order valence-electron chi connectivity index (χ2n) is 4.70. The molecule has 0 saturated heterocycles. The first kappa shape index (κ1) is 15.0. The molecule has 2 aromatic heterocycles. The maximum absolute atomic E-state index is 12.0. The fraction of sp³-hybridized carbons (Fsp3) is 0.133. The summed E-state index contributed by atoms with van der Waals surface area (Å²) in [7, 11) is 0. The molecule has 0 aliphatic heterocycles. The summed E-state index contributed by atoms with van der Waals surface area (Å²) in [4.78, 5) is 22.9. The molecule has 7 nitrogen and oxygen atoms in total. The number of H-pyrrole nitrogens is 1. The Morgan fingerprint density at radius 2 is 2.30 bits per heavy atom. The predicted octanol–water partition coefficient (Wildman–Crippen LogP) is 1.67. The maximum atomic E-state index is 12.0. The molecule has 1 aromatic carbocycles. The number of hydrogen-bond acceptors (Lipinski definition) is 6. The van der Waals surface area contributed by atoms with Gasteiger partial charge in [-0.1, -0.05) is 30.0 Å². The minimum absolute atomic E-state index is 0.0145. The average molecular weight is 324 g/mol. The standard InChI is InChI=1S/C15H12N6OS/c1-23-15-19-13(12(6-16)14(22)20-15)11-4-2-3-10(5-11)7-21-9-17-8-18-21/h2-5,8-9H,7H2,1H3,(H,19,20,22). The van der Waals surface area contributed by atoms with Crippen molar-refractivity contribution >= 4 is 11.8 Å². The Hall–Kier alpha value is -2.92. The Kier molecular flexibility index (Phi) is 4.21. The lowest BCUT2D eigenvalue weighted by molar-refractivity contribution is 0.685. The molecule has 2 heterocycles. The maximum Gasteiger partial charge on any atom is 0.270 e. The quantitative estimate of drug-likeness (QED) is 0.579. The van der Waals surface area contributed by atoms with Crippen LogP contribution in [-0.4, -0.2) is 31.0 Å². The number of nitrogens with one attached hydrogen (secondary N) is 1. The van der Waals surface area contributed by atoms with Crippen LogP contribution in [0.3, 0.4) is 0 Å². The summed E-state index contributed by atoms with van der Waals surface area (Å²) in [5.41, 5.74) is 1.68. The molecule has 0 radical (unpaired) electrons. The van der Waals surface area contributed by atoms with Crippen LogP contribution in [-0.2, 0) is 6.54 Å². The monoisotopic (exact) mass is 324 g/mol. The zero-order valence-electron chi connectivity index (χ0n) is 12.2. The van der Waals surface area contributed by atoms with E-state index in [-0.39, 0.29) is 5.56 Å². The van der Waals surface area contributed by atoms with Crippen LogP contribution in [0.4, 0.5) is 0 Å². The summed E-state index contributed by atoms with van der Waals surface area (Å²) in [6.45, 7) is 0.550. The lowest BCUT2D eigenvalue weighted by Crippen LogP contribution is -2.14. The van der Waals surface area contributed by atoms with Crippen molar-refractivity contribution < 1.29 is 0 Å². The Labute approximate surface area is 136 Å². The van der Waals surface area contributed by atoms with Crippen LogP contribution in [0.1, 0.15) is 11.1 Å². The number of benzene rings is 1. The van der Waals surface area contributed by atoms with Crippen molar-refractivity contribution in [2.75, 3.05) is 6.26 Å². The zero-order valence-corrected chi connectivity index (χ0v) is 13.0. The molecule has 0 spiro atoms. The van der Waals surface area contributed by atoms with Crippen molar-refractivity contribution in [2.45, 2.75) is 11.7 Å². The van der Waals surface area contributed by atoms with E-state index < -0.39 is 5.56 Å². The number of nitriles is 1. The van der Waals surface area contributed by atoms with Crippen LogP contribution in [0.25, 0.3) is 11.3 Å². The van der Waals surface area contributed by atoms with E-state index in [9.17, 15) is 10.1 Å². The van der Waals surface area contributed by atoms with Crippen LogP contribution in [0.15, 0.2) is 46.9 Å². The average Bonchev–Trinajstić information content (AvgIpc) is 3.07. The highest BCUT2D eigenvalue weighted by Crippen LogP contribution is 2.22. The van der Waals surface area contributed by atoms with Gasteiger partial charge in [0.1, 0.15) is 24.3 Å². The molecule has 0 saturated carbocycles. The molecule has 0 amide bonds. The first-order chi connectivity index (χ1) is 11.2. The minimum Gasteiger partial charge on any atom is -0.300 e. The summed E-state index contributed by atoms with van der Waals surface area (Å²) in [6.07, 6.45) is 4.92. The van der Waals surface area contributed by atoms with Gasteiger partial charge in [-0.25, -0.2) is 14.6 Å². The smallest absolute Gasteiger partial charge is 0.270 e. The normalized spacial score (nSPS) is 10.4. The van der Waals surface area contributed by atoms with Gasteiger partial charge >= 0.3 is 0 Å². The van der Waals surface area contributed by atoms with E-state index in [4.69, 9.17) is 0 Å². The number of rotatable bonds is 4. The van der Waals surface area contributed by atoms with Gasteiger partial charge in [-0.2, -0.15) is 10.4 Å². The summed E-state index contributed by atoms with van der Waals surface area (Å²) in [5.74, 6) is 0. The van der Waals surface area contributed by atoms with E-state index >= 15 is 0 Å². The number of aromatic amines is 1. The molecule has 3 aromatic rings. The molecule has 114 valence electrons. The van der Waals surface area contributed by atoms with Crippen LogP contribution in [0.5, 0.6) is 0 Å². The lowest BCUT2D eigenvalue weighted by Gasteiger charge is -2.07. The van der Waals surface area contributed by atoms with Crippen LogP contribution in [0.2, 0.25) is 0 Å². The SMILES string of the molecule is CSc1nc(-c2cccc(Cn3cncn3)c2)c(C#N)c(=O)[nH]1. The van der Waals surface area contributed by atoms with Crippen molar-refractivity contribution in [3.63, 3.8) is 0 Å². The fourth-order valence-electron chi connectivity index (χ4n) is 2.18. The van der Waals surface area contributed by atoms with E-state index in [1.165, 1.54) is 18.1 Å². The van der Waals surface area contributed by atoms with Crippen LogP contribution >= 0.6 is 11.8 Å². The second-order valence-corrected chi connectivity index (χ2v) is 5.50. The van der Waals surface area contributed by atoms with Crippen molar-refractivity contribution in [1.29, 1.82) is 5.26 Å². The predicted molar refractivity (Wildman–Crippen MR) is 85.9 cm³/mol. The van der Waals surface area contributed by atoms with Gasteiger partial charge in [0.2, 0.25) is 0 Å². The molecule has 0 unspecified atom stereocenters. The Morgan fingerprint density at radius 3 is 3.00 bits per heavy atom. The third-order valence-corrected chi connectivity index (χ3v) is 3.79. The van der Waals surface area contributed by atoms with E-state index in [1.807, 2.05) is 36.6 Å². The first-order valence-corrected chi connectivity index (χ1v) is 7.94. The fourth-order valence-corrected chi connectivity index (χ4v) is 2.56. The molecule has 0 bridgehead atoms. The molecule has 3 rings (SSSR count). The van der Waals surface area contributed by atoms with Gasteiger partial charge in [-0.05, 0) is 17.9 Å². The van der Waals surface area contributed by atoms with E-state index in [2.05, 4.69) is 20.1 Å². The van der Waals surface area contributed by atoms with Gasteiger partial charge in [-0.3, -0.25) is 4.79 Å². The van der Waals surface area contributed by atoms with E-state index in [0.29, 0.717) is 17.4 Å². The van der Waals surface area contributed by atoms with Gasteiger partial charge in [-0.15, -0.1) is 0 Å². The van der Waals surface area contributed by atoms with Gasteiger partial charge in [0.05, 0.1) is 12.2 Å². The van der Waals surface area contributed by atoms with Gasteiger partial charge in [0, 0.05) is 5.56 Å². The molecule has 1 N–H and O–H groups in total. The summed E-state index contributed by atoms with van der Waals surface area (Å²) < 4.78 is 1.70. The highest BCUT2D eigenvalue weighted by molar-refractivity contribution is 7.98. The molecular weight excluding hydrogens is 312 g/mol. The molecule has 0 atom stereocenters. The largest absolute Gasteiger partial charge is 0.300 e. The summed E-state index contributed by atoms with van der Waals surface area (Å²) in [5, 5.41) is 13.8. The minimum atomic E-state index is -0.427. The Morgan fingerprint density at radius 1 is 1.43 bits per heavy atom. The lowest BCUT2D eigenvalue weighted by atomic mass is 10.0. The van der Waals surface area contributed by atoms with Crippen molar-refractivity contribution in [1.82, 2.24) is 24.7 Å². The highest BCUT2D eigenvalue weighted by Gasteiger charge is 2.13. The molecule has 0 fully saturated rings. The van der Waals surface area contributed by atoms with Crippen LogP contribution < -0.4 is 5.56 Å². The zero-order chi connectivity index (χ0) is 16.2. The molecule has 0 aliphatic rings. The molecule has 23 heavy (non-hydrogen) atoms. The van der Waals surface area contributed by atoms with Crippen LogP contribution in [0, 0.1) is 11.3 Å². The van der Waals surface area contributed by atoms with Crippen molar-refractivity contribution in [2.24, 2.45) is 0 Å². The molecule has 8 heteroatoms.